The number of amides is 4. The van der Waals surface area contributed by atoms with Gasteiger partial charge < -0.3 is 21.7 Å². The van der Waals surface area contributed by atoms with E-state index in [1.807, 2.05) is 74.5 Å². The van der Waals surface area contributed by atoms with E-state index in [0.29, 0.717) is 18.5 Å². The molecule has 3 aromatic rings. The standard InChI is InChI=1S/C30H39N7O4/c1-19(2)15-24(34-30(41)26(33-21(4)38)17-23-13-9-6-10-14-23)27-18-32-36-37(27)20(3)29(40)35-25(28(31)39)16-22-11-7-5-8-12-22/h5-14,18-20,24-26H,15-17H2,1-4H3,(H2,31,39)(H,33,38)(H,34,41)(H,35,40)/t20-,24-,25-,26-/m0/s1. The summed E-state index contributed by atoms with van der Waals surface area (Å²) in [6.07, 6.45) is 2.60. The molecule has 0 unspecified atom stereocenters. The molecule has 0 aliphatic carbocycles. The van der Waals surface area contributed by atoms with Crippen molar-refractivity contribution in [1.82, 2.24) is 30.9 Å². The lowest BCUT2D eigenvalue weighted by Gasteiger charge is -2.26. The van der Waals surface area contributed by atoms with E-state index in [0.717, 1.165) is 11.1 Å². The molecule has 0 saturated carbocycles. The van der Waals surface area contributed by atoms with E-state index in [1.54, 1.807) is 6.92 Å². The Morgan fingerprint density at radius 3 is 1.88 bits per heavy atom. The van der Waals surface area contributed by atoms with Crippen LogP contribution in [-0.4, -0.2) is 50.7 Å². The number of hydrogen-bond donors (Lipinski definition) is 4. The van der Waals surface area contributed by atoms with Crippen molar-refractivity contribution in [2.24, 2.45) is 11.7 Å². The minimum absolute atomic E-state index is 0.172. The molecule has 1 aromatic heterocycles. The zero-order chi connectivity index (χ0) is 29.9. The minimum atomic E-state index is -0.915. The van der Waals surface area contributed by atoms with Crippen LogP contribution in [0.2, 0.25) is 0 Å². The van der Waals surface area contributed by atoms with Crippen molar-refractivity contribution in [3.05, 3.63) is 83.7 Å². The van der Waals surface area contributed by atoms with Crippen LogP contribution in [0.1, 0.15) is 63.0 Å². The van der Waals surface area contributed by atoms with Gasteiger partial charge in [-0.05, 0) is 30.4 Å². The van der Waals surface area contributed by atoms with Crippen LogP contribution in [-0.2, 0) is 32.0 Å². The Morgan fingerprint density at radius 1 is 0.805 bits per heavy atom. The van der Waals surface area contributed by atoms with Crippen molar-refractivity contribution in [1.29, 1.82) is 0 Å². The van der Waals surface area contributed by atoms with Crippen molar-refractivity contribution in [3.63, 3.8) is 0 Å². The molecule has 0 aliphatic heterocycles. The highest BCUT2D eigenvalue weighted by Gasteiger charge is 2.30. The molecule has 4 amide bonds. The summed E-state index contributed by atoms with van der Waals surface area (Å²) >= 11 is 0. The van der Waals surface area contributed by atoms with E-state index in [4.69, 9.17) is 5.73 Å². The van der Waals surface area contributed by atoms with Crippen LogP contribution in [0.25, 0.3) is 0 Å². The lowest BCUT2D eigenvalue weighted by atomic mass is 9.99. The second kappa shape index (κ2) is 14.7. The van der Waals surface area contributed by atoms with Gasteiger partial charge in [-0.15, -0.1) is 5.10 Å². The number of rotatable bonds is 14. The Bertz CT molecular complexity index is 1310. The smallest absolute Gasteiger partial charge is 0.245 e. The fourth-order valence-electron chi connectivity index (χ4n) is 4.58. The van der Waals surface area contributed by atoms with Gasteiger partial charge >= 0.3 is 0 Å². The molecule has 0 fully saturated rings. The molecule has 0 bridgehead atoms. The van der Waals surface area contributed by atoms with Crippen molar-refractivity contribution in [2.75, 3.05) is 0 Å². The maximum atomic E-state index is 13.5. The van der Waals surface area contributed by atoms with Gasteiger partial charge in [-0.25, -0.2) is 4.68 Å². The van der Waals surface area contributed by atoms with Gasteiger partial charge in [0, 0.05) is 19.8 Å². The van der Waals surface area contributed by atoms with Crippen LogP contribution in [0.5, 0.6) is 0 Å². The molecule has 0 spiro atoms. The largest absolute Gasteiger partial charge is 0.368 e. The second-order valence-corrected chi connectivity index (χ2v) is 10.6. The van der Waals surface area contributed by atoms with Crippen LogP contribution in [0, 0.1) is 5.92 Å². The first-order chi connectivity index (χ1) is 19.5. The second-order valence-electron chi connectivity index (χ2n) is 10.6. The molecule has 41 heavy (non-hydrogen) atoms. The third-order valence-corrected chi connectivity index (χ3v) is 6.65. The van der Waals surface area contributed by atoms with Gasteiger partial charge in [-0.3, -0.25) is 19.2 Å². The molecule has 1 heterocycles. The van der Waals surface area contributed by atoms with Crippen molar-refractivity contribution < 1.29 is 19.2 Å². The summed E-state index contributed by atoms with van der Waals surface area (Å²) in [5, 5.41) is 16.7. The van der Waals surface area contributed by atoms with E-state index >= 15 is 0 Å². The van der Waals surface area contributed by atoms with Crippen LogP contribution in [0.3, 0.4) is 0 Å². The van der Waals surface area contributed by atoms with E-state index < -0.39 is 36.0 Å². The van der Waals surface area contributed by atoms with Gasteiger partial charge in [0.25, 0.3) is 0 Å². The molecular weight excluding hydrogens is 522 g/mol. The van der Waals surface area contributed by atoms with Gasteiger partial charge in [0.1, 0.15) is 18.1 Å². The van der Waals surface area contributed by atoms with Crippen LogP contribution in [0.15, 0.2) is 66.9 Å². The third-order valence-electron chi connectivity index (χ3n) is 6.65. The molecule has 0 saturated heterocycles. The first-order valence-electron chi connectivity index (χ1n) is 13.7. The predicted molar refractivity (Wildman–Crippen MR) is 154 cm³/mol. The molecular formula is C30H39N7O4. The van der Waals surface area contributed by atoms with Crippen LogP contribution >= 0.6 is 0 Å². The summed E-state index contributed by atoms with van der Waals surface area (Å²) in [6, 6.07) is 15.6. The van der Waals surface area contributed by atoms with Crippen molar-refractivity contribution >= 4 is 23.6 Å². The fraction of sp³-hybridized carbons (Fsp3) is 0.400. The summed E-state index contributed by atoms with van der Waals surface area (Å²) in [5.41, 5.74) is 7.87. The minimum Gasteiger partial charge on any atom is -0.368 e. The number of nitrogens with one attached hydrogen (secondary N) is 3. The monoisotopic (exact) mass is 561 g/mol. The normalized spacial score (nSPS) is 14.0. The van der Waals surface area contributed by atoms with Gasteiger partial charge in [-0.2, -0.15) is 0 Å². The van der Waals surface area contributed by atoms with Gasteiger partial charge in [0.05, 0.1) is 17.9 Å². The quantitative estimate of drug-likeness (QED) is 0.235. The lowest BCUT2D eigenvalue weighted by Crippen LogP contribution is -2.49. The van der Waals surface area contributed by atoms with Crippen LogP contribution in [0.4, 0.5) is 0 Å². The highest BCUT2D eigenvalue weighted by molar-refractivity contribution is 5.89. The van der Waals surface area contributed by atoms with Gasteiger partial charge in [0.2, 0.25) is 23.6 Å². The maximum absolute atomic E-state index is 13.5. The number of carbonyl (C=O) groups is 4. The average molecular weight is 562 g/mol. The Kier molecular flexibility index (Phi) is 11.1. The lowest BCUT2D eigenvalue weighted by molar-refractivity contribution is -0.129. The fourth-order valence-corrected chi connectivity index (χ4v) is 4.58. The SMILES string of the molecule is CC(=O)N[C@@H](Cc1ccccc1)C(=O)N[C@@H](CC(C)C)c1cnnn1[C@@H](C)C(=O)N[C@@H](Cc1ccccc1)C(N)=O. The van der Waals surface area contributed by atoms with E-state index in [-0.39, 0.29) is 24.2 Å². The average Bonchev–Trinajstić information content (AvgIpc) is 3.42. The van der Waals surface area contributed by atoms with Crippen LogP contribution < -0.4 is 21.7 Å². The number of aromatic nitrogens is 3. The zero-order valence-electron chi connectivity index (χ0n) is 23.9. The Morgan fingerprint density at radius 2 is 1.37 bits per heavy atom. The summed E-state index contributed by atoms with van der Waals surface area (Å²) in [4.78, 5) is 50.8. The summed E-state index contributed by atoms with van der Waals surface area (Å²) in [7, 11) is 0. The molecule has 0 radical (unpaired) electrons. The summed E-state index contributed by atoms with van der Waals surface area (Å²) in [5.74, 6) is -1.63. The summed E-state index contributed by atoms with van der Waals surface area (Å²) in [6.45, 7) is 7.03. The number of nitrogens with zero attached hydrogens (tertiary/aromatic N) is 3. The van der Waals surface area contributed by atoms with E-state index in [1.165, 1.54) is 17.8 Å². The first kappa shape index (κ1) is 31.0. The topological polar surface area (TPSA) is 161 Å². The van der Waals surface area contributed by atoms with Crippen molar-refractivity contribution in [3.8, 4) is 0 Å². The molecule has 2 aromatic carbocycles. The number of nitrogens with two attached hydrogens (primary N) is 1. The highest BCUT2D eigenvalue weighted by Crippen LogP contribution is 2.23. The molecule has 11 heteroatoms. The van der Waals surface area contributed by atoms with E-state index in [9.17, 15) is 19.2 Å². The number of benzene rings is 2. The molecule has 4 atom stereocenters. The zero-order valence-corrected chi connectivity index (χ0v) is 23.9. The predicted octanol–water partition coefficient (Wildman–Crippen LogP) is 2.00. The number of carbonyl (C=O) groups excluding carboxylic acids is 4. The Balaban J connectivity index is 1.80. The maximum Gasteiger partial charge on any atom is 0.245 e. The van der Waals surface area contributed by atoms with E-state index in [2.05, 4.69) is 26.3 Å². The molecule has 3 rings (SSSR count). The first-order valence-corrected chi connectivity index (χ1v) is 13.7. The number of hydrogen-bond acceptors (Lipinski definition) is 6. The number of primary amides is 1. The van der Waals surface area contributed by atoms with Gasteiger partial charge in [-0.1, -0.05) is 79.7 Å². The highest BCUT2D eigenvalue weighted by atomic mass is 16.2. The Labute approximate surface area is 240 Å². The summed E-state index contributed by atoms with van der Waals surface area (Å²) < 4.78 is 1.44. The Hall–Kier alpha value is -4.54. The molecule has 5 N–H and O–H groups in total. The molecule has 11 nitrogen and oxygen atoms in total. The molecule has 218 valence electrons. The van der Waals surface area contributed by atoms with Gasteiger partial charge in [0.15, 0.2) is 0 Å². The molecule has 0 aliphatic rings. The van der Waals surface area contributed by atoms with Crippen molar-refractivity contribution in [2.45, 2.75) is 71.1 Å². The third kappa shape index (κ3) is 9.26.